The van der Waals surface area contributed by atoms with Crippen LogP contribution in [-0.4, -0.2) is 30.6 Å². The minimum atomic E-state index is -4.42. The summed E-state index contributed by atoms with van der Waals surface area (Å²) < 4.78 is 43.7. The maximum atomic E-state index is 12.7. The summed E-state index contributed by atoms with van der Waals surface area (Å²) in [6, 6.07) is 13.8. The van der Waals surface area contributed by atoms with E-state index in [4.69, 9.17) is 9.72 Å². The van der Waals surface area contributed by atoms with E-state index in [1.807, 2.05) is 24.3 Å². The first-order valence-corrected chi connectivity index (χ1v) is 10.5. The number of hydrogen-bond acceptors (Lipinski definition) is 4. The SMILES string of the molecule is C[C@H]1CCCN(c2ccc3cccc(OCC(=O)Nc4ccc(C(F)(F)F)cc4)c3n2)C1. The Morgan fingerprint density at radius 1 is 1.16 bits per heavy atom. The van der Waals surface area contributed by atoms with E-state index in [9.17, 15) is 18.0 Å². The number of piperidine rings is 1. The lowest BCUT2D eigenvalue weighted by molar-refractivity contribution is -0.137. The molecule has 8 heteroatoms. The van der Waals surface area contributed by atoms with Gasteiger partial charge < -0.3 is 15.0 Å². The molecule has 1 amide bonds. The third-order valence-corrected chi connectivity index (χ3v) is 5.50. The summed E-state index contributed by atoms with van der Waals surface area (Å²) in [6.07, 6.45) is -2.08. The second-order valence-corrected chi connectivity index (χ2v) is 8.10. The number of rotatable bonds is 5. The van der Waals surface area contributed by atoms with Crippen molar-refractivity contribution in [3.8, 4) is 5.75 Å². The number of anilines is 2. The third kappa shape index (κ3) is 5.12. The first-order chi connectivity index (χ1) is 15.3. The molecule has 0 bridgehead atoms. The summed E-state index contributed by atoms with van der Waals surface area (Å²) in [5.74, 6) is 1.51. The smallest absolute Gasteiger partial charge is 0.416 e. The Bertz CT molecular complexity index is 1100. The zero-order chi connectivity index (χ0) is 22.7. The molecule has 2 aromatic carbocycles. The molecule has 32 heavy (non-hydrogen) atoms. The number of nitrogens with one attached hydrogen (secondary N) is 1. The van der Waals surface area contributed by atoms with Crippen LogP contribution in [0.25, 0.3) is 10.9 Å². The molecule has 3 aromatic rings. The van der Waals surface area contributed by atoms with E-state index in [1.165, 1.54) is 18.6 Å². The molecule has 1 aliphatic rings. The van der Waals surface area contributed by atoms with Gasteiger partial charge in [0.15, 0.2) is 6.61 Å². The Morgan fingerprint density at radius 3 is 2.66 bits per heavy atom. The van der Waals surface area contributed by atoms with Gasteiger partial charge in [-0.15, -0.1) is 0 Å². The van der Waals surface area contributed by atoms with E-state index < -0.39 is 17.6 Å². The van der Waals surface area contributed by atoms with Gasteiger partial charge in [-0.25, -0.2) is 4.98 Å². The summed E-state index contributed by atoms with van der Waals surface area (Å²) in [5.41, 5.74) is 0.169. The quantitative estimate of drug-likeness (QED) is 0.565. The van der Waals surface area contributed by atoms with E-state index in [0.29, 0.717) is 17.2 Å². The number of benzene rings is 2. The van der Waals surface area contributed by atoms with E-state index in [-0.39, 0.29) is 12.3 Å². The Morgan fingerprint density at radius 2 is 1.94 bits per heavy atom. The van der Waals surface area contributed by atoms with Crippen molar-refractivity contribution in [2.45, 2.75) is 25.9 Å². The van der Waals surface area contributed by atoms with Crippen molar-refractivity contribution in [1.82, 2.24) is 4.98 Å². The second kappa shape index (κ2) is 9.06. The lowest BCUT2D eigenvalue weighted by Crippen LogP contribution is -2.34. The third-order valence-electron chi connectivity index (χ3n) is 5.50. The molecule has 1 aromatic heterocycles. The first-order valence-electron chi connectivity index (χ1n) is 10.5. The number of amides is 1. The largest absolute Gasteiger partial charge is 0.481 e. The molecule has 1 saturated heterocycles. The number of alkyl halides is 3. The van der Waals surface area contributed by atoms with Gasteiger partial charge in [0, 0.05) is 24.2 Å². The molecule has 2 heterocycles. The molecular formula is C24H24F3N3O2. The van der Waals surface area contributed by atoms with Gasteiger partial charge in [-0.2, -0.15) is 13.2 Å². The highest BCUT2D eigenvalue weighted by Crippen LogP contribution is 2.30. The highest BCUT2D eigenvalue weighted by Gasteiger charge is 2.30. The second-order valence-electron chi connectivity index (χ2n) is 8.10. The number of nitrogens with zero attached hydrogens (tertiary/aromatic N) is 2. The number of fused-ring (bicyclic) bond motifs is 1. The molecule has 4 rings (SSSR count). The van der Waals surface area contributed by atoms with Crippen LogP contribution in [0, 0.1) is 5.92 Å². The van der Waals surface area contributed by atoms with Crippen LogP contribution in [0.4, 0.5) is 24.7 Å². The predicted molar refractivity (Wildman–Crippen MR) is 118 cm³/mol. The van der Waals surface area contributed by atoms with Crippen LogP contribution in [0.3, 0.4) is 0 Å². The van der Waals surface area contributed by atoms with Gasteiger partial charge in [0.1, 0.15) is 17.1 Å². The fourth-order valence-electron chi connectivity index (χ4n) is 3.88. The average molecular weight is 443 g/mol. The first kappa shape index (κ1) is 21.9. The van der Waals surface area contributed by atoms with Crippen molar-refractivity contribution in [3.63, 3.8) is 0 Å². The molecule has 1 atom stereocenters. The van der Waals surface area contributed by atoms with Crippen molar-refractivity contribution in [2.75, 3.05) is 29.9 Å². The van der Waals surface area contributed by atoms with Crippen LogP contribution in [-0.2, 0) is 11.0 Å². The Kier molecular flexibility index (Phi) is 6.21. The van der Waals surface area contributed by atoms with E-state index in [2.05, 4.69) is 17.1 Å². The minimum absolute atomic E-state index is 0.268. The van der Waals surface area contributed by atoms with Crippen molar-refractivity contribution in [1.29, 1.82) is 0 Å². The topological polar surface area (TPSA) is 54.5 Å². The summed E-state index contributed by atoms with van der Waals surface area (Å²) in [5, 5.41) is 3.45. The molecular weight excluding hydrogens is 419 g/mol. The highest BCUT2D eigenvalue weighted by molar-refractivity contribution is 5.92. The molecule has 1 fully saturated rings. The maximum Gasteiger partial charge on any atom is 0.416 e. The predicted octanol–water partition coefficient (Wildman–Crippen LogP) is 5.51. The number of carbonyl (C=O) groups excluding carboxylic acids is 1. The molecule has 1 N–H and O–H groups in total. The van der Waals surface area contributed by atoms with E-state index in [1.54, 1.807) is 6.07 Å². The lowest BCUT2D eigenvalue weighted by Gasteiger charge is -2.32. The molecule has 5 nitrogen and oxygen atoms in total. The van der Waals surface area contributed by atoms with E-state index >= 15 is 0 Å². The van der Waals surface area contributed by atoms with Gasteiger partial charge in [-0.3, -0.25) is 4.79 Å². The van der Waals surface area contributed by atoms with Crippen LogP contribution in [0.1, 0.15) is 25.3 Å². The fourth-order valence-corrected chi connectivity index (χ4v) is 3.88. The van der Waals surface area contributed by atoms with Gasteiger partial charge in [0.2, 0.25) is 0 Å². The van der Waals surface area contributed by atoms with E-state index in [0.717, 1.165) is 42.8 Å². The number of para-hydroxylation sites is 1. The molecule has 0 spiro atoms. The van der Waals surface area contributed by atoms with Crippen molar-refractivity contribution < 1.29 is 22.7 Å². The van der Waals surface area contributed by atoms with Crippen molar-refractivity contribution >= 4 is 28.3 Å². The molecule has 0 radical (unpaired) electrons. The molecule has 0 saturated carbocycles. The Labute approximate surface area is 184 Å². The van der Waals surface area contributed by atoms with Gasteiger partial charge in [-0.05, 0) is 61.2 Å². The van der Waals surface area contributed by atoms with Gasteiger partial charge in [-0.1, -0.05) is 19.1 Å². The van der Waals surface area contributed by atoms with Crippen LogP contribution in [0.2, 0.25) is 0 Å². The monoisotopic (exact) mass is 443 g/mol. The summed E-state index contributed by atoms with van der Waals surface area (Å²) in [6.45, 7) is 3.86. The number of halogens is 3. The standard InChI is InChI=1S/C24H24F3N3O2/c1-16-4-3-13-30(14-16)21-12-7-17-5-2-6-20(23(17)29-21)32-15-22(31)28-19-10-8-18(9-11-19)24(25,26)27/h2,5-12,16H,3-4,13-15H2,1H3,(H,28,31)/t16-/m0/s1. The van der Waals surface area contributed by atoms with Crippen molar-refractivity contribution in [3.05, 3.63) is 60.2 Å². The van der Waals surface area contributed by atoms with Crippen LogP contribution >= 0.6 is 0 Å². The number of pyridine rings is 1. The van der Waals surface area contributed by atoms with Crippen LogP contribution in [0.15, 0.2) is 54.6 Å². The molecule has 0 aliphatic carbocycles. The van der Waals surface area contributed by atoms with Crippen LogP contribution in [0.5, 0.6) is 5.75 Å². The normalized spacial score (nSPS) is 16.8. The number of aromatic nitrogens is 1. The lowest BCUT2D eigenvalue weighted by atomic mass is 10.0. The minimum Gasteiger partial charge on any atom is -0.481 e. The highest BCUT2D eigenvalue weighted by atomic mass is 19.4. The van der Waals surface area contributed by atoms with Crippen LogP contribution < -0.4 is 15.0 Å². The Balaban J connectivity index is 1.44. The summed E-state index contributed by atoms with van der Waals surface area (Å²) >= 11 is 0. The van der Waals surface area contributed by atoms with Gasteiger partial charge >= 0.3 is 6.18 Å². The summed E-state index contributed by atoms with van der Waals surface area (Å²) in [7, 11) is 0. The Hall–Kier alpha value is -3.29. The number of ether oxygens (including phenoxy) is 1. The summed E-state index contributed by atoms with van der Waals surface area (Å²) in [4.78, 5) is 19.3. The zero-order valence-electron chi connectivity index (χ0n) is 17.7. The molecule has 1 aliphatic heterocycles. The molecule has 168 valence electrons. The number of carbonyl (C=O) groups is 1. The van der Waals surface area contributed by atoms with Gasteiger partial charge in [0.05, 0.1) is 5.56 Å². The zero-order valence-corrected chi connectivity index (χ0v) is 17.7. The average Bonchev–Trinajstić information content (AvgIpc) is 2.77. The fraction of sp³-hybridized carbons (Fsp3) is 0.333. The van der Waals surface area contributed by atoms with Gasteiger partial charge in [0.25, 0.3) is 5.91 Å². The van der Waals surface area contributed by atoms with Crippen molar-refractivity contribution in [2.24, 2.45) is 5.92 Å². The number of hydrogen-bond donors (Lipinski definition) is 1. The maximum absolute atomic E-state index is 12.7. The molecule has 0 unspecified atom stereocenters.